The zero-order chi connectivity index (χ0) is 16.6. The summed E-state index contributed by atoms with van der Waals surface area (Å²) in [5, 5.41) is 18.5. The minimum atomic E-state index is -1.06. The van der Waals surface area contributed by atoms with Gasteiger partial charge in [0.25, 0.3) is 5.91 Å². The molecule has 3 amide bonds. The van der Waals surface area contributed by atoms with E-state index in [0.29, 0.717) is 0 Å². The molecule has 0 bridgehead atoms. The maximum absolute atomic E-state index is 13.1. The molecule has 2 N–H and O–H groups in total. The van der Waals surface area contributed by atoms with Gasteiger partial charge in [-0.1, -0.05) is 41.5 Å². The molecular formula is C15H28N2O4. The Labute approximate surface area is 126 Å². The van der Waals surface area contributed by atoms with Gasteiger partial charge in [-0.05, 0) is 10.8 Å². The summed E-state index contributed by atoms with van der Waals surface area (Å²) in [7, 11) is 0. The van der Waals surface area contributed by atoms with Gasteiger partial charge in [-0.25, -0.2) is 4.79 Å². The molecule has 1 saturated heterocycles. The van der Waals surface area contributed by atoms with E-state index in [4.69, 9.17) is 5.11 Å². The fourth-order valence-electron chi connectivity index (χ4n) is 3.92. The monoisotopic (exact) mass is 300 g/mol. The van der Waals surface area contributed by atoms with Gasteiger partial charge in [-0.15, -0.1) is 0 Å². The topological polar surface area (TPSA) is 81.1 Å². The third-order valence-corrected chi connectivity index (χ3v) is 4.24. The Hall–Kier alpha value is -1.14. The van der Waals surface area contributed by atoms with E-state index in [2.05, 4.69) is 0 Å². The highest BCUT2D eigenvalue weighted by Gasteiger charge is 2.67. The molecule has 122 valence electrons. The maximum Gasteiger partial charge on any atom is 0.327 e. The van der Waals surface area contributed by atoms with Gasteiger partial charge in [0.05, 0.1) is 19.8 Å². The Kier molecular flexibility index (Phi) is 4.75. The molecule has 0 aromatic carbocycles. The van der Waals surface area contributed by atoms with Crippen LogP contribution < -0.4 is 0 Å². The molecule has 6 nitrogen and oxygen atoms in total. The van der Waals surface area contributed by atoms with Crippen LogP contribution >= 0.6 is 0 Å². The van der Waals surface area contributed by atoms with Gasteiger partial charge < -0.3 is 15.1 Å². The lowest BCUT2D eigenvalue weighted by Gasteiger charge is -2.53. The second-order valence-corrected chi connectivity index (χ2v) is 7.55. The standard InChI is InChI=1S/C15H28N2O4/c1-13(2,3)15(14(4,5)6)11(20)16(7-9-18)12(21)17(15)8-10-19/h18-19H,7-10H2,1-6H3. The SMILES string of the molecule is CC(C)(C)C1(C(C)(C)C)C(=O)N(CCO)C(=O)N1CCO. The summed E-state index contributed by atoms with van der Waals surface area (Å²) in [6.45, 7) is 11.2. The minimum absolute atomic E-state index is 0.0203. The van der Waals surface area contributed by atoms with E-state index in [1.165, 1.54) is 4.90 Å². The van der Waals surface area contributed by atoms with Crippen LogP contribution in [0.4, 0.5) is 4.79 Å². The summed E-state index contributed by atoms with van der Waals surface area (Å²) in [6, 6.07) is -0.437. The van der Waals surface area contributed by atoms with Gasteiger partial charge in [-0.3, -0.25) is 9.69 Å². The number of aliphatic hydroxyl groups excluding tert-OH is 2. The van der Waals surface area contributed by atoms with E-state index >= 15 is 0 Å². The van der Waals surface area contributed by atoms with Crippen molar-refractivity contribution in [2.45, 2.75) is 47.1 Å². The van der Waals surface area contributed by atoms with Gasteiger partial charge in [0.2, 0.25) is 0 Å². The van der Waals surface area contributed by atoms with E-state index in [-0.39, 0.29) is 32.2 Å². The summed E-state index contributed by atoms with van der Waals surface area (Å²) < 4.78 is 0. The molecule has 0 saturated carbocycles. The molecule has 21 heavy (non-hydrogen) atoms. The summed E-state index contributed by atoms with van der Waals surface area (Å²) in [5.41, 5.74) is -2.09. The van der Waals surface area contributed by atoms with E-state index in [1.807, 2.05) is 41.5 Å². The molecule has 0 unspecified atom stereocenters. The maximum atomic E-state index is 13.1. The highest BCUT2D eigenvalue weighted by molar-refractivity contribution is 6.08. The van der Waals surface area contributed by atoms with E-state index in [0.717, 1.165) is 4.90 Å². The average molecular weight is 300 g/mol. The van der Waals surface area contributed by atoms with Gasteiger partial charge in [-0.2, -0.15) is 0 Å². The molecule has 1 fully saturated rings. The Morgan fingerprint density at radius 3 is 1.67 bits per heavy atom. The van der Waals surface area contributed by atoms with Crippen LogP contribution in [0.15, 0.2) is 0 Å². The zero-order valence-corrected chi connectivity index (χ0v) is 13.9. The van der Waals surface area contributed by atoms with Crippen LogP contribution in [0.1, 0.15) is 41.5 Å². The molecule has 0 aromatic rings. The Balaban J connectivity index is 3.57. The number of β-amino-alcohol motifs (C(OH)–C–C–N with tert-alkyl or cyclic N) is 2. The predicted molar refractivity (Wildman–Crippen MR) is 79.6 cm³/mol. The fraction of sp³-hybridized carbons (Fsp3) is 0.867. The van der Waals surface area contributed by atoms with Crippen molar-refractivity contribution in [3.63, 3.8) is 0 Å². The summed E-state index contributed by atoms with van der Waals surface area (Å²) in [4.78, 5) is 28.3. The molecule has 0 aliphatic carbocycles. The van der Waals surface area contributed by atoms with Crippen LogP contribution in [0.5, 0.6) is 0 Å². The summed E-state index contributed by atoms with van der Waals surface area (Å²) >= 11 is 0. The van der Waals surface area contributed by atoms with E-state index in [9.17, 15) is 14.7 Å². The normalized spacial score (nSPS) is 19.6. The van der Waals surface area contributed by atoms with Gasteiger partial charge in [0.15, 0.2) is 0 Å². The number of amides is 3. The number of nitrogens with zero attached hydrogens (tertiary/aromatic N) is 2. The van der Waals surface area contributed by atoms with Crippen molar-refractivity contribution in [3.8, 4) is 0 Å². The number of hydrogen-bond acceptors (Lipinski definition) is 4. The molecule has 1 heterocycles. The van der Waals surface area contributed by atoms with Crippen molar-refractivity contribution < 1.29 is 19.8 Å². The number of urea groups is 1. The third-order valence-electron chi connectivity index (χ3n) is 4.24. The van der Waals surface area contributed by atoms with Gasteiger partial charge in [0.1, 0.15) is 5.54 Å². The Morgan fingerprint density at radius 2 is 1.33 bits per heavy atom. The molecular weight excluding hydrogens is 272 g/mol. The number of rotatable bonds is 4. The van der Waals surface area contributed by atoms with Crippen LogP contribution in [0.3, 0.4) is 0 Å². The molecule has 6 heteroatoms. The highest BCUT2D eigenvalue weighted by atomic mass is 16.3. The van der Waals surface area contributed by atoms with Crippen molar-refractivity contribution in [2.75, 3.05) is 26.3 Å². The first kappa shape index (κ1) is 17.9. The quantitative estimate of drug-likeness (QED) is 0.761. The predicted octanol–water partition coefficient (Wildman–Crippen LogP) is 1.07. The summed E-state index contributed by atoms with van der Waals surface area (Å²) in [6.07, 6.45) is 0. The lowest BCUT2D eigenvalue weighted by molar-refractivity contribution is -0.148. The van der Waals surface area contributed by atoms with Crippen LogP contribution in [-0.2, 0) is 4.79 Å². The van der Waals surface area contributed by atoms with E-state index in [1.54, 1.807) is 0 Å². The second-order valence-electron chi connectivity index (χ2n) is 7.55. The molecule has 1 rings (SSSR count). The largest absolute Gasteiger partial charge is 0.395 e. The number of imide groups is 1. The van der Waals surface area contributed by atoms with Crippen molar-refractivity contribution in [3.05, 3.63) is 0 Å². The van der Waals surface area contributed by atoms with Crippen molar-refractivity contribution in [1.82, 2.24) is 9.80 Å². The lowest BCUT2D eigenvalue weighted by Crippen LogP contribution is -2.66. The van der Waals surface area contributed by atoms with Crippen LogP contribution in [0.2, 0.25) is 0 Å². The summed E-state index contributed by atoms with van der Waals surface area (Å²) in [5.74, 6) is -0.296. The minimum Gasteiger partial charge on any atom is -0.395 e. The van der Waals surface area contributed by atoms with Crippen LogP contribution in [-0.4, -0.2) is 63.8 Å². The molecule has 0 atom stereocenters. The van der Waals surface area contributed by atoms with Crippen LogP contribution in [0.25, 0.3) is 0 Å². The number of carbonyl (C=O) groups is 2. The Bertz CT molecular complexity index is 406. The zero-order valence-electron chi connectivity index (χ0n) is 13.9. The van der Waals surface area contributed by atoms with Crippen molar-refractivity contribution >= 4 is 11.9 Å². The molecule has 1 aliphatic rings. The number of hydrogen-bond donors (Lipinski definition) is 2. The van der Waals surface area contributed by atoms with Gasteiger partial charge >= 0.3 is 6.03 Å². The smallest absolute Gasteiger partial charge is 0.327 e. The van der Waals surface area contributed by atoms with Crippen molar-refractivity contribution in [1.29, 1.82) is 0 Å². The second kappa shape index (κ2) is 5.57. The van der Waals surface area contributed by atoms with Gasteiger partial charge in [0, 0.05) is 6.54 Å². The Morgan fingerprint density at radius 1 is 0.905 bits per heavy atom. The van der Waals surface area contributed by atoms with Crippen LogP contribution in [0, 0.1) is 10.8 Å². The lowest BCUT2D eigenvalue weighted by atomic mass is 9.59. The van der Waals surface area contributed by atoms with E-state index < -0.39 is 22.4 Å². The molecule has 0 spiro atoms. The first-order valence-corrected chi connectivity index (χ1v) is 7.32. The number of carbonyl (C=O) groups excluding carboxylic acids is 2. The number of aliphatic hydroxyl groups is 2. The molecule has 0 aromatic heterocycles. The third kappa shape index (κ3) is 2.44. The molecule has 0 radical (unpaired) electrons. The highest BCUT2D eigenvalue weighted by Crippen LogP contribution is 2.52. The first-order valence-electron chi connectivity index (χ1n) is 7.32. The fourth-order valence-corrected chi connectivity index (χ4v) is 3.92. The van der Waals surface area contributed by atoms with Crippen molar-refractivity contribution in [2.24, 2.45) is 10.8 Å². The average Bonchev–Trinajstić information content (AvgIpc) is 2.51. The molecule has 1 aliphatic heterocycles. The first-order chi connectivity index (χ1) is 9.46.